The highest BCUT2D eigenvalue weighted by atomic mass is 19.2. The largest absolute Gasteiger partial charge is 0.354 e. The number of anilines is 3. The van der Waals surface area contributed by atoms with Gasteiger partial charge in [-0.3, -0.25) is 0 Å². The highest BCUT2D eigenvalue weighted by Crippen LogP contribution is 2.10. The zero-order chi connectivity index (χ0) is 16.7. The molecular weight excluding hydrogens is 304 g/mol. The van der Waals surface area contributed by atoms with Crippen molar-refractivity contribution >= 4 is 24.1 Å². The van der Waals surface area contributed by atoms with Gasteiger partial charge in [0.15, 0.2) is 11.6 Å². The fourth-order valence-corrected chi connectivity index (χ4v) is 1.66. The minimum Gasteiger partial charge on any atom is -0.354 e. The van der Waals surface area contributed by atoms with Crippen LogP contribution in [0.25, 0.3) is 0 Å². The number of halogens is 2. The monoisotopic (exact) mass is 321 g/mol. The third kappa shape index (κ3) is 4.83. The van der Waals surface area contributed by atoms with E-state index in [1.165, 1.54) is 12.3 Å². The number of aromatic nitrogens is 3. The van der Waals surface area contributed by atoms with Crippen molar-refractivity contribution in [3.05, 3.63) is 35.4 Å². The van der Waals surface area contributed by atoms with Crippen molar-refractivity contribution in [1.29, 1.82) is 0 Å². The van der Waals surface area contributed by atoms with Gasteiger partial charge in [0.1, 0.15) is 0 Å². The second kappa shape index (κ2) is 7.97. The summed E-state index contributed by atoms with van der Waals surface area (Å²) in [5.41, 5.74) is 3.04. The highest BCUT2D eigenvalue weighted by molar-refractivity contribution is 5.79. The minimum absolute atomic E-state index is 0.228. The molecule has 0 saturated carbocycles. The molecule has 0 aliphatic rings. The van der Waals surface area contributed by atoms with E-state index in [9.17, 15) is 8.78 Å². The Labute approximate surface area is 132 Å². The summed E-state index contributed by atoms with van der Waals surface area (Å²) in [6, 6.07) is 3.49. The van der Waals surface area contributed by atoms with Gasteiger partial charge in [-0.2, -0.15) is 20.1 Å². The lowest BCUT2D eigenvalue weighted by Gasteiger charge is -2.07. The Morgan fingerprint density at radius 2 is 1.57 bits per heavy atom. The predicted molar refractivity (Wildman–Crippen MR) is 85.7 cm³/mol. The standard InChI is InChI=1S/C14H17F2N7/c1-3-17-12-20-13(18-4-2)22-14(21-12)23-19-8-9-5-6-10(15)11(16)7-9/h5-8H,3-4H2,1-2H3,(H3,17,18,20,21,22,23)/b19-8+. The zero-order valence-electron chi connectivity index (χ0n) is 12.8. The van der Waals surface area contributed by atoms with Crippen molar-refractivity contribution in [3.8, 4) is 0 Å². The summed E-state index contributed by atoms with van der Waals surface area (Å²) < 4.78 is 25.9. The number of hydrazone groups is 1. The Kier molecular flexibility index (Phi) is 5.73. The van der Waals surface area contributed by atoms with Crippen molar-refractivity contribution in [3.63, 3.8) is 0 Å². The average Bonchev–Trinajstić information content (AvgIpc) is 2.51. The molecule has 2 rings (SSSR count). The summed E-state index contributed by atoms with van der Waals surface area (Å²) in [4.78, 5) is 12.4. The van der Waals surface area contributed by atoms with Crippen LogP contribution in [0.15, 0.2) is 23.3 Å². The van der Waals surface area contributed by atoms with Crippen LogP contribution in [0.4, 0.5) is 26.6 Å². The molecule has 0 fully saturated rings. The maximum absolute atomic E-state index is 13.1. The van der Waals surface area contributed by atoms with Crippen LogP contribution in [0.2, 0.25) is 0 Å². The van der Waals surface area contributed by atoms with E-state index >= 15 is 0 Å². The van der Waals surface area contributed by atoms with E-state index in [-0.39, 0.29) is 5.95 Å². The second-order valence-electron chi connectivity index (χ2n) is 4.41. The maximum atomic E-state index is 13.1. The quantitative estimate of drug-likeness (QED) is 0.536. The molecule has 0 bridgehead atoms. The van der Waals surface area contributed by atoms with Gasteiger partial charge in [0.25, 0.3) is 0 Å². The van der Waals surface area contributed by atoms with Gasteiger partial charge in [0, 0.05) is 13.1 Å². The molecule has 0 radical (unpaired) electrons. The average molecular weight is 321 g/mol. The van der Waals surface area contributed by atoms with Crippen LogP contribution in [-0.4, -0.2) is 34.3 Å². The Bertz CT molecular complexity index is 667. The Hall–Kier alpha value is -2.84. The molecule has 0 saturated heterocycles. The fourth-order valence-electron chi connectivity index (χ4n) is 1.66. The van der Waals surface area contributed by atoms with Crippen LogP contribution in [0, 0.1) is 11.6 Å². The van der Waals surface area contributed by atoms with Gasteiger partial charge in [-0.1, -0.05) is 6.07 Å². The first kappa shape index (κ1) is 16.5. The van der Waals surface area contributed by atoms with Crippen molar-refractivity contribution in [2.45, 2.75) is 13.8 Å². The van der Waals surface area contributed by atoms with E-state index in [1.807, 2.05) is 13.8 Å². The maximum Gasteiger partial charge on any atom is 0.250 e. The SMILES string of the molecule is CCNc1nc(NCC)nc(N/N=C/c2ccc(F)c(F)c2)n1. The molecule has 0 atom stereocenters. The van der Waals surface area contributed by atoms with E-state index in [1.54, 1.807) is 0 Å². The minimum atomic E-state index is -0.932. The predicted octanol–water partition coefficient (Wildman–Crippen LogP) is 2.46. The number of hydrogen-bond acceptors (Lipinski definition) is 7. The molecule has 0 unspecified atom stereocenters. The van der Waals surface area contributed by atoms with E-state index in [0.717, 1.165) is 12.1 Å². The van der Waals surface area contributed by atoms with Crippen LogP contribution < -0.4 is 16.1 Å². The first-order chi connectivity index (χ1) is 11.1. The van der Waals surface area contributed by atoms with E-state index in [4.69, 9.17) is 0 Å². The van der Waals surface area contributed by atoms with Crippen molar-refractivity contribution in [1.82, 2.24) is 15.0 Å². The summed E-state index contributed by atoms with van der Waals surface area (Å²) in [6.07, 6.45) is 1.34. The van der Waals surface area contributed by atoms with Gasteiger partial charge in [-0.05, 0) is 31.5 Å². The lowest BCUT2D eigenvalue weighted by Crippen LogP contribution is -2.10. The third-order valence-electron chi connectivity index (χ3n) is 2.63. The molecule has 1 aromatic heterocycles. The van der Waals surface area contributed by atoms with E-state index in [2.05, 4.69) is 36.1 Å². The molecule has 1 aromatic carbocycles. The molecule has 0 aliphatic carbocycles. The van der Waals surface area contributed by atoms with E-state index < -0.39 is 11.6 Å². The number of nitrogens with zero attached hydrogens (tertiary/aromatic N) is 4. The molecule has 0 spiro atoms. The second-order valence-corrected chi connectivity index (χ2v) is 4.41. The van der Waals surface area contributed by atoms with Gasteiger partial charge in [-0.25, -0.2) is 14.2 Å². The molecule has 2 aromatic rings. The third-order valence-corrected chi connectivity index (χ3v) is 2.63. The van der Waals surface area contributed by atoms with Gasteiger partial charge >= 0.3 is 0 Å². The fraction of sp³-hybridized carbons (Fsp3) is 0.286. The molecule has 122 valence electrons. The molecular formula is C14H17F2N7. The Morgan fingerprint density at radius 3 is 2.13 bits per heavy atom. The summed E-state index contributed by atoms with van der Waals surface area (Å²) in [7, 11) is 0. The van der Waals surface area contributed by atoms with Crippen molar-refractivity contribution in [2.24, 2.45) is 5.10 Å². The Balaban J connectivity index is 2.11. The first-order valence-corrected chi connectivity index (χ1v) is 7.10. The van der Waals surface area contributed by atoms with Crippen molar-refractivity contribution in [2.75, 3.05) is 29.1 Å². The zero-order valence-corrected chi connectivity index (χ0v) is 12.8. The molecule has 23 heavy (non-hydrogen) atoms. The smallest absolute Gasteiger partial charge is 0.250 e. The number of hydrogen-bond donors (Lipinski definition) is 3. The number of benzene rings is 1. The van der Waals surface area contributed by atoms with Crippen LogP contribution in [0.1, 0.15) is 19.4 Å². The summed E-state index contributed by atoms with van der Waals surface area (Å²) in [6.45, 7) is 5.16. The summed E-state index contributed by atoms with van der Waals surface area (Å²) >= 11 is 0. The normalized spacial score (nSPS) is 10.8. The van der Waals surface area contributed by atoms with Gasteiger partial charge in [-0.15, -0.1) is 0 Å². The molecule has 9 heteroatoms. The molecule has 3 N–H and O–H groups in total. The lowest BCUT2D eigenvalue weighted by molar-refractivity contribution is 0.508. The number of rotatable bonds is 7. The van der Waals surface area contributed by atoms with Crippen LogP contribution in [0.5, 0.6) is 0 Å². The number of nitrogens with one attached hydrogen (secondary N) is 3. The van der Waals surface area contributed by atoms with Crippen LogP contribution >= 0.6 is 0 Å². The van der Waals surface area contributed by atoms with Gasteiger partial charge < -0.3 is 10.6 Å². The topological polar surface area (TPSA) is 87.1 Å². The molecule has 0 aliphatic heterocycles. The molecule has 1 heterocycles. The highest BCUT2D eigenvalue weighted by Gasteiger charge is 2.05. The lowest BCUT2D eigenvalue weighted by atomic mass is 10.2. The Morgan fingerprint density at radius 1 is 0.957 bits per heavy atom. The van der Waals surface area contributed by atoms with Gasteiger partial charge in [0.2, 0.25) is 17.8 Å². The molecule has 7 nitrogen and oxygen atoms in total. The van der Waals surface area contributed by atoms with Gasteiger partial charge in [0.05, 0.1) is 6.21 Å². The van der Waals surface area contributed by atoms with Crippen molar-refractivity contribution < 1.29 is 8.78 Å². The van der Waals surface area contributed by atoms with Crippen LogP contribution in [-0.2, 0) is 0 Å². The summed E-state index contributed by atoms with van der Waals surface area (Å²) in [5, 5.41) is 9.88. The first-order valence-electron chi connectivity index (χ1n) is 7.10. The summed E-state index contributed by atoms with van der Waals surface area (Å²) in [5.74, 6) is -0.796. The van der Waals surface area contributed by atoms with Crippen LogP contribution in [0.3, 0.4) is 0 Å². The molecule has 0 amide bonds. The van der Waals surface area contributed by atoms with E-state index in [0.29, 0.717) is 30.5 Å².